The van der Waals surface area contributed by atoms with Gasteiger partial charge in [-0.2, -0.15) is 0 Å². The van der Waals surface area contributed by atoms with E-state index in [1.807, 2.05) is 24.3 Å². The number of nitrogens with one attached hydrogen (secondary N) is 1. The molecule has 0 radical (unpaired) electrons. The number of hydrazine groups is 1. The highest BCUT2D eigenvalue weighted by atomic mass is 32.1. The minimum atomic E-state index is -1.04. The van der Waals surface area contributed by atoms with Gasteiger partial charge in [0.1, 0.15) is 0 Å². The van der Waals surface area contributed by atoms with E-state index in [1.165, 1.54) is 11.3 Å². The first kappa shape index (κ1) is 14.9. The minimum absolute atomic E-state index is 0.0596. The number of fused-ring (bicyclic) bond motifs is 1. The van der Waals surface area contributed by atoms with Crippen molar-refractivity contribution in [2.75, 3.05) is 0 Å². The third-order valence-corrected chi connectivity index (χ3v) is 5.12. The van der Waals surface area contributed by atoms with Crippen LogP contribution in [0.3, 0.4) is 0 Å². The van der Waals surface area contributed by atoms with Crippen molar-refractivity contribution < 1.29 is 14.7 Å². The first-order valence-corrected chi connectivity index (χ1v) is 7.89. The van der Waals surface area contributed by atoms with E-state index in [-0.39, 0.29) is 11.3 Å². The van der Waals surface area contributed by atoms with Gasteiger partial charge in [-0.15, -0.1) is 11.3 Å². The van der Waals surface area contributed by atoms with Crippen molar-refractivity contribution in [1.82, 2.24) is 5.43 Å². The number of rotatable bonds is 4. The van der Waals surface area contributed by atoms with Gasteiger partial charge in [-0.1, -0.05) is 24.3 Å². The van der Waals surface area contributed by atoms with Gasteiger partial charge in [0, 0.05) is 23.4 Å². The Morgan fingerprint density at radius 3 is 2.82 bits per heavy atom. The number of ketones is 1. The second-order valence-electron chi connectivity index (χ2n) is 5.22. The Morgan fingerprint density at radius 2 is 2.09 bits per heavy atom. The molecular formula is C16H16N2O3S. The van der Waals surface area contributed by atoms with Crippen molar-refractivity contribution in [3.8, 4) is 10.4 Å². The van der Waals surface area contributed by atoms with Crippen LogP contribution in [0.4, 0.5) is 0 Å². The highest BCUT2D eigenvalue weighted by Gasteiger charge is 2.31. The Labute approximate surface area is 131 Å². The Kier molecular flexibility index (Phi) is 4.06. The Morgan fingerprint density at radius 1 is 1.32 bits per heavy atom. The molecule has 0 fully saturated rings. The zero-order valence-corrected chi connectivity index (χ0v) is 12.7. The van der Waals surface area contributed by atoms with Crippen LogP contribution in [0.15, 0.2) is 24.3 Å². The number of carbonyl (C=O) groups excluding carboxylic acids is 1. The van der Waals surface area contributed by atoms with Crippen molar-refractivity contribution >= 4 is 23.1 Å². The number of aryl methyl sites for hydroxylation is 1. The lowest BCUT2D eigenvalue weighted by molar-refractivity contribution is 0.0692. The molecule has 22 heavy (non-hydrogen) atoms. The predicted molar refractivity (Wildman–Crippen MR) is 85.0 cm³/mol. The normalized spacial score (nSPS) is 14.0. The van der Waals surface area contributed by atoms with Crippen LogP contribution in [0.1, 0.15) is 44.0 Å². The molecule has 0 aliphatic heterocycles. The van der Waals surface area contributed by atoms with E-state index in [4.69, 9.17) is 5.84 Å². The zero-order valence-electron chi connectivity index (χ0n) is 11.9. The molecule has 1 heterocycles. The van der Waals surface area contributed by atoms with Crippen LogP contribution in [0.2, 0.25) is 0 Å². The Hall–Kier alpha value is -2.02. The van der Waals surface area contributed by atoms with Gasteiger partial charge in [-0.25, -0.2) is 4.79 Å². The molecule has 5 nitrogen and oxygen atoms in total. The maximum atomic E-state index is 12.2. The first-order chi connectivity index (χ1) is 10.6. The number of aromatic carboxylic acids is 1. The number of hydrogen-bond acceptors (Lipinski definition) is 5. The van der Waals surface area contributed by atoms with E-state index < -0.39 is 5.97 Å². The van der Waals surface area contributed by atoms with Crippen LogP contribution in [-0.4, -0.2) is 16.9 Å². The summed E-state index contributed by atoms with van der Waals surface area (Å²) >= 11 is 1.42. The summed E-state index contributed by atoms with van der Waals surface area (Å²) in [7, 11) is 0. The molecule has 114 valence electrons. The zero-order chi connectivity index (χ0) is 15.7. The molecule has 1 aliphatic carbocycles. The number of carbonyl (C=O) groups is 2. The first-order valence-electron chi connectivity index (χ1n) is 7.07. The highest BCUT2D eigenvalue weighted by Crippen LogP contribution is 2.41. The fourth-order valence-electron chi connectivity index (χ4n) is 2.88. The van der Waals surface area contributed by atoms with E-state index in [0.717, 1.165) is 28.8 Å². The van der Waals surface area contributed by atoms with Crippen LogP contribution in [0, 0.1) is 0 Å². The SMILES string of the molecule is NNCc1ccccc1-c1sc2c(c1C(=O)O)C(=O)CCC2. The standard InChI is InChI=1S/C16H16N2O3S/c17-18-8-9-4-1-2-5-10(9)15-14(16(20)21)13-11(19)6-3-7-12(13)22-15/h1-2,4-5,18H,3,6-8,17H2,(H,20,21). The molecule has 1 aliphatic rings. The maximum absolute atomic E-state index is 12.2. The average Bonchev–Trinajstić information content (AvgIpc) is 2.89. The van der Waals surface area contributed by atoms with Gasteiger partial charge in [-0.3, -0.25) is 16.1 Å². The molecule has 1 aromatic heterocycles. The van der Waals surface area contributed by atoms with E-state index in [0.29, 0.717) is 23.4 Å². The lowest BCUT2D eigenvalue weighted by atomic mass is 9.92. The van der Waals surface area contributed by atoms with Gasteiger partial charge >= 0.3 is 5.97 Å². The molecule has 1 aromatic carbocycles. The summed E-state index contributed by atoms with van der Waals surface area (Å²) in [4.78, 5) is 25.5. The van der Waals surface area contributed by atoms with Crippen LogP contribution in [-0.2, 0) is 13.0 Å². The molecule has 2 aromatic rings. The molecule has 0 atom stereocenters. The summed E-state index contributed by atoms with van der Waals surface area (Å²) in [6.45, 7) is 0.436. The molecule has 0 spiro atoms. The minimum Gasteiger partial charge on any atom is -0.478 e. The lowest BCUT2D eigenvalue weighted by Crippen LogP contribution is -2.21. The molecule has 0 unspecified atom stereocenters. The molecular weight excluding hydrogens is 300 g/mol. The average molecular weight is 316 g/mol. The topological polar surface area (TPSA) is 92.4 Å². The molecule has 3 rings (SSSR count). The van der Waals surface area contributed by atoms with E-state index >= 15 is 0 Å². The maximum Gasteiger partial charge on any atom is 0.337 e. The summed E-state index contributed by atoms with van der Waals surface area (Å²) in [5.41, 5.74) is 4.90. The number of Topliss-reactive ketones (excluding diaryl/α,β-unsaturated/α-hetero) is 1. The smallest absolute Gasteiger partial charge is 0.337 e. The van der Waals surface area contributed by atoms with Crippen molar-refractivity contribution in [3.05, 3.63) is 45.8 Å². The Balaban J connectivity index is 2.24. The van der Waals surface area contributed by atoms with Crippen LogP contribution < -0.4 is 11.3 Å². The molecule has 0 saturated heterocycles. The number of benzene rings is 1. The number of carboxylic acids is 1. The number of hydrogen-bond donors (Lipinski definition) is 3. The molecule has 6 heteroatoms. The van der Waals surface area contributed by atoms with Gasteiger partial charge in [-0.05, 0) is 24.0 Å². The van der Waals surface area contributed by atoms with Gasteiger partial charge in [0.05, 0.1) is 10.4 Å². The third-order valence-electron chi connectivity index (χ3n) is 3.84. The molecule has 4 N–H and O–H groups in total. The second kappa shape index (κ2) is 6.00. The number of thiophene rings is 1. The van der Waals surface area contributed by atoms with Gasteiger partial charge in [0.15, 0.2) is 5.78 Å². The van der Waals surface area contributed by atoms with Gasteiger partial charge in [0.2, 0.25) is 0 Å². The van der Waals surface area contributed by atoms with Crippen molar-refractivity contribution in [1.29, 1.82) is 0 Å². The predicted octanol–water partition coefficient (Wildman–Crippen LogP) is 2.60. The highest BCUT2D eigenvalue weighted by molar-refractivity contribution is 7.16. The molecule has 0 bridgehead atoms. The quantitative estimate of drug-likeness (QED) is 0.595. The van der Waals surface area contributed by atoms with E-state index in [9.17, 15) is 14.7 Å². The van der Waals surface area contributed by atoms with E-state index in [1.54, 1.807) is 0 Å². The van der Waals surface area contributed by atoms with Crippen LogP contribution in [0.25, 0.3) is 10.4 Å². The fraction of sp³-hybridized carbons (Fsp3) is 0.250. The number of carboxylic acid groups (broad SMARTS) is 1. The summed E-state index contributed by atoms with van der Waals surface area (Å²) in [5.74, 6) is 4.30. The largest absolute Gasteiger partial charge is 0.478 e. The van der Waals surface area contributed by atoms with Crippen LogP contribution >= 0.6 is 11.3 Å². The second-order valence-corrected chi connectivity index (χ2v) is 6.33. The molecule has 0 amide bonds. The Bertz CT molecular complexity index is 752. The van der Waals surface area contributed by atoms with Crippen molar-refractivity contribution in [3.63, 3.8) is 0 Å². The number of nitrogens with two attached hydrogens (primary N) is 1. The summed E-state index contributed by atoms with van der Waals surface area (Å²) in [5, 5.41) is 9.62. The van der Waals surface area contributed by atoms with Gasteiger partial charge in [0.25, 0.3) is 0 Å². The monoisotopic (exact) mass is 316 g/mol. The lowest BCUT2D eigenvalue weighted by Gasteiger charge is -2.10. The third kappa shape index (κ3) is 2.45. The summed E-state index contributed by atoms with van der Waals surface area (Å²) in [6, 6.07) is 7.53. The van der Waals surface area contributed by atoms with Crippen molar-refractivity contribution in [2.24, 2.45) is 5.84 Å². The summed E-state index contributed by atoms with van der Waals surface area (Å²) in [6.07, 6.45) is 1.98. The molecule has 0 saturated carbocycles. The van der Waals surface area contributed by atoms with Crippen molar-refractivity contribution in [2.45, 2.75) is 25.8 Å². The van der Waals surface area contributed by atoms with Crippen LogP contribution in [0.5, 0.6) is 0 Å². The van der Waals surface area contributed by atoms with E-state index in [2.05, 4.69) is 5.43 Å². The summed E-state index contributed by atoms with van der Waals surface area (Å²) < 4.78 is 0. The van der Waals surface area contributed by atoms with Gasteiger partial charge < -0.3 is 5.11 Å². The fourth-order valence-corrected chi connectivity index (χ4v) is 4.29.